The highest BCUT2D eigenvalue weighted by Crippen LogP contribution is 2.18. The van der Waals surface area contributed by atoms with E-state index >= 15 is 0 Å². The van der Waals surface area contributed by atoms with Crippen LogP contribution in [0.4, 0.5) is 0 Å². The number of fused-ring (bicyclic) bond motifs is 1. The Balaban J connectivity index is 1.75. The van der Waals surface area contributed by atoms with E-state index in [2.05, 4.69) is 28.5 Å². The fraction of sp³-hybridized carbons (Fsp3) is 0.125. The van der Waals surface area contributed by atoms with Crippen molar-refractivity contribution in [1.29, 1.82) is 0 Å². The lowest BCUT2D eigenvalue weighted by Gasteiger charge is -2.07. The first-order valence-electron chi connectivity index (χ1n) is 6.67. The number of thiazole rings is 1. The molecular weight excluding hydrogens is 282 g/mol. The van der Waals surface area contributed by atoms with E-state index in [1.807, 2.05) is 24.3 Å². The summed E-state index contributed by atoms with van der Waals surface area (Å²) in [7, 11) is 0. The summed E-state index contributed by atoms with van der Waals surface area (Å²) in [6.07, 6.45) is 0. The minimum Gasteiger partial charge on any atom is -0.347 e. The number of nitrogens with one attached hydrogen (secondary N) is 1. The molecule has 2 aromatic carbocycles. The van der Waals surface area contributed by atoms with Gasteiger partial charge in [-0.15, -0.1) is 11.3 Å². The second-order valence-electron chi connectivity index (χ2n) is 4.65. The maximum Gasteiger partial charge on any atom is 0.271 e. The van der Waals surface area contributed by atoms with Crippen LogP contribution in [0.1, 0.15) is 21.1 Å². The monoisotopic (exact) mass is 297 g/mol. The highest BCUT2D eigenvalue weighted by atomic mass is 32.1. The number of benzene rings is 2. The Bertz CT molecular complexity index is 777. The fourth-order valence-electron chi connectivity index (χ4n) is 2.22. The third kappa shape index (κ3) is 2.94. The summed E-state index contributed by atoms with van der Waals surface area (Å²) in [6, 6.07) is 14.2. The van der Waals surface area contributed by atoms with E-state index < -0.39 is 0 Å². The van der Waals surface area contributed by atoms with Crippen LogP contribution in [0.15, 0.2) is 47.8 Å². The number of nitrogens with zero attached hydrogens (tertiary/aromatic N) is 1. The maximum absolute atomic E-state index is 12.1. The summed E-state index contributed by atoms with van der Waals surface area (Å²) in [5.74, 6) is -0.168. The van der Waals surface area contributed by atoms with E-state index in [0.717, 1.165) is 16.0 Å². The van der Waals surface area contributed by atoms with Crippen molar-refractivity contribution in [2.24, 2.45) is 5.73 Å². The van der Waals surface area contributed by atoms with Gasteiger partial charge in [-0.05, 0) is 16.3 Å². The molecule has 0 aliphatic heterocycles. The van der Waals surface area contributed by atoms with Crippen molar-refractivity contribution in [1.82, 2.24) is 10.3 Å². The lowest BCUT2D eigenvalue weighted by Crippen LogP contribution is -2.23. The second kappa shape index (κ2) is 6.03. The molecule has 0 spiro atoms. The molecule has 4 nitrogen and oxygen atoms in total. The van der Waals surface area contributed by atoms with Crippen LogP contribution in [-0.4, -0.2) is 10.9 Å². The predicted molar refractivity (Wildman–Crippen MR) is 85.1 cm³/mol. The lowest BCUT2D eigenvalue weighted by atomic mass is 10.0. The molecular formula is C16H15N3OS. The van der Waals surface area contributed by atoms with E-state index in [9.17, 15) is 4.79 Å². The number of carbonyl (C=O) groups excluding carboxylic acids is 1. The Morgan fingerprint density at radius 3 is 2.81 bits per heavy atom. The molecule has 5 heteroatoms. The summed E-state index contributed by atoms with van der Waals surface area (Å²) < 4.78 is 0. The highest BCUT2D eigenvalue weighted by Gasteiger charge is 2.10. The number of rotatable bonds is 4. The SMILES string of the molecule is NCc1nc(C(=O)NCc2cccc3ccccc23)cs1. The van der Waals surface area contributed by atoms with Crippen LogP contribution < -0.4 is 11.1 Å². The molecule has 0 bridgehead atoms. The normalized spacial score (nSPS) is 10.7. The molecule has 0 atom stereocenters. The van der Waals surface area contributed by atoms with E-state index in [1.165, 1.54) is 16.7 Å². The Morgan fingerprint density at radius 2 is 2.00 bits per heavy atom. The maximum atomic E-state index is 12.1. The zero-order valence-electron chi connectivity index (χ0n) is 11.4. The van der Waals surface area contributed by atoms with Gasteiger partial charge in [0.15, 0.2) is 0 Å². The van der Waals surface area contributed by atoms with Gasteiger partial charge in [0.2, 0.25) is 0 Å². The van der Waals surface area contributed by atoms with Crippen LogP contribution in [-0.2, 0) is 13.1 Å². The first-order chi connectivity index (χ1) is 10.3. The molecule has 0 radical (unpaired) electrons. The molecule has 1 heterocycles. The smallest absolute Gasteiger partial charge is 0.271 e. The van der Waals surface area contributed by atoms with E-state index in [1.54, 1.807) is 5.38 Å². The van der Waals surface area contributed by atoms with Crippen LogP contribution in [0.3, 0.4) is 0 Å². The minimum atomic E-state index is -0.168. The van der Waals surface area contributed by atoms with Gasteiger partial charge in [-0.1, -0.05) is 42.5 Å². The molecule has 3 N–H and O–H groups in total. The number of nitrogens with two attached hydrogens (primary N) is 1. The van der Waals surface area contributed by atoms with Crippen molar-refractivity contribution in [3.05, 3.63) is 64.1 Å². The van der Waals surface area contributed by atoms with Gasteiger partial charge < -0.3 is 11.1 Å². The van der Waals surface area contributed by atoms with Crippen LogP contribution in [0.5, 0.6) is 0 Å². The van der Waals surface area contributed by atoms with Crippen molar-refractivity contribution < 1.29 is 4.79 Å². The van der Waals surface area contributed by atoms with Gasteiger partial charge in [-0.2, -0.15) is 0 Å². The molecule has 1 amide bonds. The zero-order chi connectivity index (χ0) is 14.7. The van der Waals surface area contributed by atoms with Gasteiger partial charge in [0.05, 0.1) is 0 Å². The standard InChI is InChI=1S/C16H15N3OS/c17-8-15-19-14(10-21-15)16(20)18-9-12-6-3-5-11-4-1-2-7-13(11)12/h1-7,10H,8-9,17H2,(H,18,20). The van der Waals surface area contributed by atoms with Crippen molar-refractivity contribution in [3.8, 4) is 0 Å². The minimum absolute atomic E-state index is 0.168. The molecule has 106 valence electrons. The summed E-state index contributed by atoms with van der Waals surface area (Å²) in [5, 5.41) is 7.74. The average Bonchev–Trinajstić information content (AvgIpc) is 3.01. The number of aromatic nitrogens is 1. The molecule has 0 aliphatic carbocycles. The molecule has 0 saturated carbocycles. The molecule has 0 fully saturated rings. The van der Waals surface area contributed by atoms with Crippen molar-refractivity contribution >= 4 is 28.0 Å². The number of hydrogen-bond donors (Lipinski definition) is 2. The van der Waals surface area contributed by atoms with Gasteiger partial charge in [-0.25, -0.2) is 4.98 Å². The Hall–Kier alpha value is -2.24. The zero-order valence-corrected chi connectivity index (χ0v) is 12.2. The Morgan fingerprint density at radius 1 is 1.19 bits per heavy atom. The van der Waals surface area contributed by atoms with Gasteiger partial charge in [0, 0.05) is 18.5 Å². The highest BCUT2D eigenvalue weighted by molar-refractivity contribution is 7.09. The average molecular weight is 297 g/mol. The van der Waals surface area contributed by atoms with Crippen molar-refractivity contribution in [2.45, 2.75) is 13.1 Å². The van der Waals surface area contributed by atoms with Crippen LogP contribution >= 0.6 is 11.3 Å². The predicted octanol–water partition coefficient (Wildman–Crippen LogP) is 2.69. The van der Waals surface area contributed by atoms with Crippen molar-refractivity contribution in [3.63, 3.8) is 0 Å². The summed E-state index contributed by atoms with van der Waals surface area (Å²) >= 11 is 1.41. The van der Waals surface area contributed by atoms with Crippen LogP contribution in [0.2, 0.25) is 0 Å². The van der Waals surface area contributed by atoms with Crippen LogP contribution in [0.25, 0.3) is 10.8 Å². The number of hydrogen-bond acceptors (Lipinski definition) is 4. The molecule has 3 rings (SSSR count). The Kier molecular flexibility index (Phi) is 3.94. The summed E-state index contributed by atoms with van der Waals surface area (Å²) in [5.41, 5.74) is 7.03. The van der Waals surface area contributed by atoms with E-state index in [4.69, 9.17) is 5.73 Å². The molecule has 1 aromatic heterocycles. The number of amides is 1. The second-order valence-corrected chi connectivity index (χ2v) is 5.59. The molecule has 3 aromatic rings. The van der Waals surface area contributed by atoms with Gasteiger partial charge in [-0.3, -0.25) is 4.79 Å². The Labute approximate surface area is 126 Å². The molecule has 0 unspecified atom stereocenters. The lowest BCUT2D eigenvalue weighted by molar-refractivity contribution is 0.0946. The van der Waals surface area contributed by atoms with Gasteiger partial charge in [0.1, 0.15) is 10.7 Å². The third-order valence-corrected chi connectivity index (χ3v) is 4.15. The largest absolute Gasteiger partial charge is 0.347 e. The molecule has 0 saturated heterocycles. The first-order valence-corrected chi connectivity index (χ1v) is 7.55. The topological polar surface area (TPSA) is 68.0 Å². The molecule has 21 heavy (non-hydrogen) atoms. The summed E-state index contributed by atoms with van der Waals surface area (Å²) in [4.78, 5) is 16.3. The van der Waals surface area contributed by atoms with E-state index in [-0.39, 0.29) is 5.91 Å². The van der Waals surface area contributed by atoms with Crippen LogP contribution in [0, 0.1) is 0 Å². The van der Waals surface area contributed by atoms with Gasteiger partial charge >= 0.3 is 0 Å². The molecule has 0 aliphatic rings. The van der Waals surface area contributed by atoms with E-state index in [0.29, 0.717) is 18.8 Å². The first kappa shape index (κ1) is 13.7. The quantitative estimate of drug-likeness (QED) is 0.778. The summed E-state index contributed by atoms with van der Waals surface area (Å²) in [6.45, 7) is 0.844. The van der Waals surface area contributed by atoms with Gasteiger partial charge in [0.25, 0.3) is 5.91 Å². The third-order valence-electron chi connectivity index (χ3n) is 3.28. The fourth-order valence-corrected chi connectivity index (χ4v) is 2.88. The number of carbonyl (C=O) groups is 1. The van der Waals surface area contributed by atoms with Crippen molar-refractivity contribution in [2.75, 3.05) is 0 Å².